The van der Waals surface area contributed by atoms with E-state index in [1.165, 1.54) is 0 Å². The van der Waals surface area contributed by atoms with Crippen molar-refractivity contribution in [1.29, 1.82) is 0 Å². The molecule has 0 saturated heterocycles. The first-order chi connectivity index (χ1) is 9.01. The Balaban J connectivity index is 2.71. The van der Waals surface area contributed by atoms with Crippen LogP contribution in [-0.2, 0) is 16.6 Å². The van der Waals surface area contributed by atoms with Crippen molar-refractivity contribution >= 4 is 21.4 Å². The van der Waals surface area contributed by atoms with Gasteiger partial charge < -0.3 is 5.32 Å². The number of rotatable bonds is 9. The molecule has 0 spiro atoms. The van der Waals surface area contributed by atoms with Gasteiger partial charge in [0, 0.05) is 22.8 Å². The molecule has 4 nitrogen and oxygen atoms in total. The lowest BCUT2D eigenvalue weighted by atomic mass is 10.3. The van der Waals surface area contributed by atoms with E-state index in [4.69, 9.17) is 0 Å². The van der Waals surface area contributed by atoms with E-state index in [9.17, 15) is 8.42 Å². The van der Waals surface area contributed by atoms with Gasteiger partial charge in [0.25, 0.3) is 0 Å². The molecular formula is C13H24N2O2S2. The third-order valence-electron chi connectivity index (χ3n) is 2.76. The van der Waals surface area contributed by atoms with Gasteiger partial charge in [-0.1, -0.05) is 20.3 Å². The summed E-state index contributed by atoms with van der Waals surface area (Å²) in [5.41, 5.74) is 0. The fraction of sp³-hybridized carbons (Fsp3) is 0.692. The molecule has 0 amide bonds. The SMILES string of the molecule is CCCCNS(=O)(=O)c1cc(CNCCC)sc1C. The highest BCUT2D eigenvalue weighted by Gasteiger charge is 2.19. The second-order valence-corrected chi connectivity index (χ2v) is 7.64. The molecule has 6 heteroatoms. The zero-order valence-corrected chi connectivity index (χ0v) is 13.6. The summed E-state index contributed by atoms with van der Waals surface area (Å²) in [6.45, 7) is 8.22. The maximum absolute atomic E-state index is 12.1. The molecule has 0 aliphatic heterocycles. The van der Waals surface area contributed by atoms with Crippen LogP contribution in [0.15, 0.2) is 11.0 Å². The Morgan fingerprint density at radius 3 is 2.58 bits per heavy atom. The first kappa shape index (κ1) is 16.6. The molecule has 0 unspecified atom stereocenters. The van der Waals surface area contributed by atoms with Crippen LogP contribution in [0.25, 0.3) is 0 Å². The van der Waals surface area contributed by atoms with Gasteiger partial charge in [-0.2, -0.15) is 0 Å². The van der Waals surface area contributed by atoms with E-state index in [0.717, 1.165) is 42.1 Å². The number of hydrogen-bond donors (Lipinski definition) is 2. The van der Waals surface area contributed by atoms with Crippen LogP contribution in [0, 0.1) is 6.92 Å². The maximum atomic E-state index is 12.1. The predicted molar refractivity (Wildman–Crippen MR) is 81.2 cm³/mol. The first-order valence-corrected chi connectivity index (χ1v) is 9.11. The molecule has 0 radical (unpaired) electrons. The monoisotopic (exact) mass is 304 g/mol. The lowest BCUT2D eigenvalue weighted by Crippen LogP contribution is -2.24. The second-order valence-electron chi connectivity index (χ2n) is 4.56. The summed E-state index contributed by atoms with van der Waals surface area (Å²) < 4.78 is 26.9. The average Bonchev–Trinajstić information content (AvgIpc) is 2.72. The van der Waals surface area contributed by atoms with Gasteiger partial charge in [0.05, 0.1) is 4.90 Å². The standard InChI is InChI=1S/C13H24N2O2S2/c1-4-6-8-15-19(16,17)13-9-12(18-11(13)3)10-14-7-5-2/h9,14-15H,4-8,10H2,1-3H3. The Labute approximate surface area is 120 Å². The summed E-state index contributed by atoms with van der Waals surface area (Å²) in [5, 5.41) is 3.29. The Hall–Kier alpha value is -0.430. The van der Waals surface area contributed by atoms with Crippen molar-refractivity contribution in [2.24, 2.45) is 0 Å². The molecule has 19 heavy (non-hydrogen) atoms. The van der Waals surface area contributed by atoms with Crippen molar-refractivity contribution in [3.05, 3.63) is 15.8 Å². The van der Waals surface area contributed by atoms with Crippen molar-refractivity contribution in [3.63, 3.8) is 0 Å². The number of hydrogen-bond acceptors (Lipinski definition) is 4. The van der Waals surface area contributed by atoms with Gasteiger partial charge in [0.2, 0.25) is 10.0 Å². The highest BCUT2D eigenvalue weighted by molar-refractivity contribution is 7.89. The Kier molecular flexibility index (Phi) is 6.99. The maximum Gasteiger partial charge on any atom is 0.241 e. The highest BCUT2D eigenvalue weighted by atomic mass is 32.2. The van der Waals surface area contributed by atoms with Crippen molar-refractivity contribution in [1.82, 2.24) is 10.0 Å². The van der Waals surface area contributed by atoms with Crippen molar-refractivity contribution in [2.45, 2.75) is 51.5 Å². The normalized spacial score (nSPS) is 11.9. The minimum atomic E-state index is -3.34. The van der Waals surface area contributed by atoms with Crippen molar-refractivity contribution < 1.29 is 8.42 Å². The molecule has 0 atom stereocenters. The highest BCUT2D eigenvalue weighted by Crippen LogP contribution is 2.25. The van der Waals surface area contributed by atoms with E-state index in [1.807, 2.05) is 13.8 Å². The number of aryl methyl sites for hydroxylation is 1. The number of thiophene rings is 1. The molecule has 0 aromatic carbocycles. The molecule has 110 valence electrons. The van der Waals surface area contributed by atoms with Crippen molar-refractivity contribution in [2.75, 3.05) is 13.1 Å². The summed E-state index contributed by atoms with van der Waals surface area (Å²) in [6, 6.07) is 1.79. The van der Waals surface area contributed by atoms with Gasteiger partial charge in [-0.05, 0) is 32.4 Å². The average molecular weight is 304 g/mol. The fourth-order valence-electron chi connectivity index (χ4n) is 1.73. The number of sulfonamides is 1. The van der Waals surface area contributed by atoms with Crippen LogP contribution in [0.5, 0.6) is 0 Å². The van der Waals surface area contributed by atoms with Crippen LogP contribution in [0.2, 0.25) is 0 Å². The van der Waals surface area contributed by atoms with Crippen LogP contribution in [0.4, 0.5) is 0 Å². The topological polar surface area (TPSA) is 58.2 Å². The first-order valence-electron chi connectivity index (χ1n) is 6.81. The molecule has 0 saturated carbocycles. The molecule has 0 fully saturated rings. The lowest BCUT2D eigenvalue weighted by molar-refractivity contribution is 0.578. The van der Waals surface area contributed by atoms with Gasteiger partial charge in [0.1, 0.15) is 0 Å². The Bertz CT molecular complexity index is 481. The van der Waals surface area contributed by atoms with Crippen molar-refractivity contribution in [3.8, 4) is 0 Å². The summed E-state index contributed by atoms with van der Waals surface area (Å²) in [6.07, 6.45) is 2.93. The van der Waals surface area contributed by atoms with Crippen LogP contribution in [0.3, 0.4) is 0 Å². The van der Waals surface area contributed by atoms with Gasteiger partial charge >= 0.3 is 0 Å². The van der Waals surface area contributed by atoms with E-state index in [1.54, 1.807) is 17.4 Å². The molecule has 1 aromatic heterocycles. The molecule has 1 heterocycles. The van der Waals surface area contributed by atoms with Crippen LogP contribution >= 0.6 is 11.3 Å². The Morgan fingerprint density at radius 1 is 1.21 bits per heavy atom. The van der Waals surface area contributed by atoms with Crippen LogP contribution < -0.4 is 10.0 Å². The number of nitrogens with one attached hydrogen (secondary N) is 2. The van der Waals surface area contributed by atoms with Gasteiger partial charge in [-0.15, -0.1) is 11.3 Å². The molecular weight excluding hydrogens is 280 g/mol. The van der Waals surface area contributed by atoms with E-state index < -0.39 is 10.0 Å². The smallest absolute Gasteiger partial charge is 0.241 e. The van der Waals surface area contributed by atoms with Gasteiger partial charge in [-0.25, -0.2) is 13.1 Å². The minimum absolute atomic E-state index is 0.432. The summed E-state index contributed by atoms with van der Waals surface area (Å²) in [7, 11) is -3.34. The zero-order valence-electron chi connectivity index (χ0n) is 12.0. The van der Waals surface area contributed by atoms with Gasteiger partial charge in [-0.3, -0.25) is 0 Å². The second kappa shape index (κ2) is 7.99. The van der Waals surface area contributed by atoms with Gasteiger partial charge in [0.15, 0.2) is 0 Å². The zero-order chi connectivity index (χ0) is 14.3. The van der Waals surface area contributed by atoms with E-state index in [0.29, 0.717) is 11.4 Å². The summed E-state index contributed by atoms with van der Waals surface area (Å²) in [5.74, 6) is 0. The predicted octanol–water partition coefficient (Wildman–Crippen LogP) is 2.63. The minimum Gasteiger partial charge on any atom is -0.312 e. The fourth-order valence-corrected chi connectivity index (χ4v) is 4.40. The lowest BCUT2D eigenvalue weighted by Gasteiger charge is -2.04. The molecule has 0 aliphatic rings. The molecule has 1 rings (SSSR count). The number of unbranched alkanes of at least 4 members (excludes halogenated alkanes) is 1. The van der Waals surface area contributed by atoms with E-state index >= 15 is 0 Å². The largest absolute Gasteiger partial charge is 0.312 e. The quantitative estimate of drug-likeness (QED) is 0.690. The molecule has 1 aromatic rings. The summed E-state index contributed by atoms with van der Waals surface area (Å²) >= 11 is 1.55. The van der Waals surface area contributed by atoms with E-state index in [2.05, 4.69) is 17.0 Å². The molecule has 2 N–H and O–H groups in total. The van der Waals surface area contributed by atoms with Crippen LogP contribution in [0.1, 0.15) is 42.9 Å². The Morgan fingerprint density at radius 2 is 1.95 bits per heavy atom. The van der Waals surface area contributed by atoms with Crippen LogP contribution in [-0.4, -0.2) is 21.5 Å². The van der Waals surface area contributed by atoms with E-state index in [-0.39, 0.29) is 0 Å². The summed E-state index contributed by atoms with van der Waals surface area (Å²) in [4.78, 5) is 2.36. The molecule has 0 bridgehead atoms. The molecule has 0 aliphatic carbocycles. The third kappa shape index (κ3) is 5.22. The third-order valence-corrected chi connectivity index (χ3v) is 5.53.